The van der Waals surface area contributed by atoms with E-state index in [0.717, 1.165) is 32.1 Å². The van der Waals surface area contributed by atoms with Crippen LogP contribution in [0.4, 0.5) is 5.82 Å². The van der Waals surface area contributed by atoms with E-state index in [-0.39, 0.29) is 0 Å². The zero-order chi connectivity index (χ0) is 13.2. The first-order valence-corrected chi connectivity index (χ1v) is 6.97. The molecular formula is C16H20N2O. The Balaban J connectivity index is 2.09. The van der Waals surface area contributed by atoms with Gasteiger partial charge in [0.2, 0.25) is 0 Å². The number of nitrogens with zero attached hydrogens (tertiary/aromatic N) is 2. The second kappa shape index (κ2) is 5.17. The van der Waals surface area contributed by atoms with Crippen LogP contribution in [0.15, 0.2) is 30.5 Å². The Labute approximate surface area is 114 Å². The van der Waals surface area contributed by atoms with Crippen LogP contribution in [0.5, 0.6) is 0 Å². The maximum absolute atomic E-state index is 5.43. The minimum atomic E-state index is 0.544. The number of aromatic nitrogens is 1. The average Bonchev–Trinajstić information content (AvgIpc) is 2.47. The quantitative estimate of drug-likeness (QED) is 0.825. The summed E-state index contributed by atoms with van der Waals surface area (Å²) in [7, 11) is 0. The minimum absolute atomic E-state index is 0.544. The van der Waals surface area contributed by atoms with Gasteiger partial charge in [0, 0.05) is 24.7 Å². The van der Waals surface area contributed by atoms with E-state index >= 15 is 0 Å². The Morgan fingerprint density at radius 1 is 1.16 bits per heavy atom. The highest BCUT2D eigenvalue weighted by atomic mass is 16.5. The maximum Gasteiger partial charge on any atom is 0.136 e. The van der Waals surface area contributed by atoms with Crippen molar-refractivity contribution in [2.24, 2.45) is 0 Å². The first-order chi connectivity index (χ1) is 9.25. The first-order valence-electron chi connectivity index (χ1n) is 6.97. The van der Waals surface area contributed by atoms with Crippen LogP contribution in [0.3, 0.4) is 0 Å². The largest absolute Gasteiger partial charge is 0.378 e. The predicted molar refractivity (Wildman–Crippen MR) is 78.9 cm³/mol. The topological polar surface area (TPSA) is 25.4 Å². The fraction of sp³-hybridized carbons (Fsp3) is 0.438. The van der Waals surface area contributed by atoms with E-state index in [1.54, 1.807) is 0 Å². The minimum Gasteiger partial charge on any atom is -0.378 e. The van der Waals surface area contributed by atoms with Crippen LogP contribution in [0, 0.1) is 0 Å². The fourth-order valence-corrected chi connectivity index (χ4v) is 2.56. The molecule has 0 bridgehead atoms. The van der Waals surface area contributed by atoms with Crippen molar-refractivity contribution in [3.8, 4) is 0 Å². The lowest BCUT2D eigenvalue weighted by Crippen LogP contribution is -2.36. The smallest absolute Gasteiger partial charge is 0.136 e. The molecule has 0 unspecified atom stereocenters. The predicted octanol–water partition coefficient (Wildman–Crippen LogP) is 3.19. The Morgan fingerprint density at radius 3 is 2.68 bits per heavy atom. The molecule has 1 saturated heterocycles. The summed E-state index contributed by atoms with van der Waals surface area (Å²) in [6.45, 7) is 7.90. The van der Waals surface area contributed by atoms with Gasteiger partial charge in [-0.25, -0.2) is 4.98 Å². The van der Waals surface area contributed by atoms with Crippen LogP contribution in [0.1, 0.15) is 25.3 Å². The van der Waals surface area contributed by atoms with Gasteiger partial charge in [0.1, 0.15) is 5.82 Å². The van der Waals surface area contributed by atoms with Gasteiger partial charge < -0.3 is 9.64 Å². The molecule has 1 aromatic carbocycles. The molecule has 3 nitrogen and oxygen atoms in total. The number of rotatable bonds is 2. The Bertz CT molecular complexity index is 574. The van der Waals surface area contributed by atoms with E-state index in [4.69, 9.17) is 4.74 Å². The second-order valence-corrected chi connectivity index (χ2v) is 5.37. The van der Waals surface area contributed by atoms with Gasteiger partial charge in [-0.2, -0.15) is 0 Å². The third-order valence-electron chi connectivity index (χ3n) is 3.75. The fourth-order valence-electron chi connectivity index (χ4n) is 2.56. The van der Waals surface area contributed by atoms with Gasteiger partial charge in [-0.15, -0.1) is 0 Å². The monoisotopic (exact) mass is 256 g/mol. The van der Waals surface area contributed by atoms with Crippen molar-refractivity contribution >= 4 is 16.6 Å². The molecular weight excluding hydrogens is 236 g/mol. The molecule has 0 atom stereocenters. The summed E-state index contributed by atoms with van der Waals surface area (Å²) in [5.74, 6) is 1.64. The summed E-state index contributed by atoms with van der Waals surface area (Å²) in [5, 5.41) is 2.52. The molecule has 1 aliphatic heterocycles. The summed E-state index contributed by atoms with van der Waals surface area (Å²) in [6, 6.07) is 8.80. The summed E-state index contributed by atoms with van der Waals surface area (Å²) in [4.78, 5) is 6.93. The molecule has 0 N–H and O–H groups in total. The molecule has 0 spiro atoms. The highest BCUT2D eigenvalue weighted by molar-refractivity contribution is 5.92. The number of morpholine rings is 1. The van der Waals surface area contributed by atoms with E-state index < -0.39 is 0 Å². The molecule has 1 aliphatic rings. The van der Waals surface area contributed by atoms with Crippen LogP contribution >= 0.6 is 0 Å². The number of hydrogen-bond acceptors (Lipinski definition) is 3. The van der Waals surface area contributed by atoms with Crippen LogP contribution in [0.2, 0.25) is 0 Å². The summed E-state index contributed by atoms with van der Waals surface area (Å²) >= 11 is 0. The number of anilines is 1. The van der Waals surface area contributed by atoms with Gasteiger partial charge in [-0.1, -0.05) is 26.0 Å². The molecule has 100 valence electrons. The zero-order valence-corrected chi connectivity index (χ0v) is 11.6. The van der Waals surface area contributed by atoms with Crippen molar-refractivity contribution in [3.63, 3.8) is 0 Å². The van der Waals surface area contributed by atoms with Gasteiger partial charge in [-0.3, -0.25) is 0 Å². The van der Waals surface area contributed by atoms with Gasteiger partial charge in [0.15, 0.2) is 0 Å². The van der Waals surface area contributed by atoms with Crippen molar-refractivity contribution in [1.29, 1.82) is 0 Å². The van der Waals surface area contributed by atoms with Gasteiger partial charge in [0.25, 0.3) is 0 Å². The van der Waals surface area contributed by atoms with E-state index in [1.165, 1.54) is 16.3 Å². The standard InChI is InChI=1S/C16H20N2O/c1-12(2)14-4-3-13-5-6-17-16(15(13)11-14)18-7-9-19-10-8-18/h3-6,11-12H,7-10H2,1-2H3. The number of fused-ring (bicyclic) bond motifs is 1. The lowest BCUT2D eigenvalue weighted by molar-refractivity contribution is 0.122. The Hall–Kier alpha value is -1.61. The van der Waals surface area contributed by atoms with Crippen LogP contribution in [0.25, 0.3) is 10.8 Å². The van der Waals surface area contributed by atoms with E-state index in [0.29, 0.717) is 5.92 Å². The molecule has 3 heteroatoms. The molecule has 0 saturated carbocycles. The molecule has 0 aliphatic carbocycles. The lowest BCUT2D eigenvalue weighted by Gasteiger charge is -2.28. The molecule has 2 heterocycles. The third-order valence-corrected chi connectivity index (χ3v) is 3.75. The molecule has 0 amide bonds. The molecule has 0 radical (unpaired) electrons. The zero-order valence-electron chi connectivity index (χ0n) is 11.6. The van der Waals surface area contributed by atoms with Crippen molar-refractivity contribution in [3.05, 3.63) is 36.0 Å². The Kier molecular flexibility index (Phi) is 3.38. The maximum atomic E-state index is 5.43. The Morgan fingerprint density at radius 2 is 1.95 bits per heavy atom. The van der Waals surface area contributed by atoms with Crippen molar-refractivity contribution in [2.75, 3.05) is 31.2 Å². The van der Waals surface area contributed by atoms with Crippen LogP contribution < -0.4 is 4.90 Å². The van der Waals surface area contributed by atoms with Crippen molar-refractivity contribution in [1.82, 2.24) is 4.98 Å². The highest BCUT2D eigenvalue weighted by Gasteiger charge is 2.15. The van der Waals surface area contributed by atoms with Crippen LogP contribution in [-0.2, 0) is 4.74 Å². The van der Waals surface area contributed by atoms with Gasteiger partial charge >= 0.3 is 0 Å². The average molecular weight is 256 g/mol. The van der Waals surface area contributed by atoms with Crippen molar-refractivity contribution in [2.45, 2.75) is 19.8 Å². The molecule has 2 aromatic rings. The number of hydrogen-bond donors (Lipinski definition) is 0. The van der Waals surface area contributed by atoms with Crippen LogP contribution in [-0.4, -0.2) is 31.3 Å². The number of benzene rings is 1. The summed E-state index contributed by atoms with van der Waals surface area (Å²) < 4.78 is 5.43. The normalized spacial score (nSPS) is 16.3. The molecule has 3 rings (SSSR count). The SMILES string of the molecule is CC(C)c1ccc2ccnc(N3CCOCC3)c2c1. The van der Waals surface area contributed by atoms with Gasteiger partial charge in [-0.05, 0) is 29.0 Å². The van der Waals surface area contributed by atoms with Gasteiger partial charge in [0.05, 0.1) is 13.2 Å². The lowest BCUT2D eigenvalue weighted by atomic mass is 9.99. The molecule has 1 fully saturated rings. The van der Waals surface area contributed by atoms with E-state index in [2.05, 4.69) is 48.0 Å². The summed E-state index contributed by atoms with van der Waals surface area (Å²) in [5.41, 5.74) is 1.37. The van der Waals surface area contributed by atoms with E-state index in [9.17, 15) is 0 Å². The van der Waals surface area contributed by atoms with E-state index in [1.807, 2.05) is 6.20 Å². The summed E-state index contributed by atoms with van der Waals surface area (Å²) in [6.07, 6.45) is 1.90. The molecule has 19 heavy (non-hydrogen) atoms. The van der Waals surface area contributed by atoms with Crippen molar-refractivity contribution < 1.29 is 4.74 Å². The second-order valence-electron chi connectivity index (χ2n) is 5.37. The highest BCUT2D eigenvalue weighted by Crippen LogP contribution is 2.28. The number of pyridine rings is 1. The third kappa shape index (κ3) is 2.43. The first kappa shape index (κ1) is 12.4. The molecule has 1 aromatic heterocycles. The number of ether oxygens (including phenoxy) is 1.